The van der Waals surface area contributed by atoms with E-state index in [1.165, 1.54) is 11.1 Å². The number of allylic oxidation sites excluding steroid dienone is 1. The van der Waals surface area contributed by atoms with Gasteiger partial charge in [-0.1, -0.05) is 42.5 Å². The molecule has 0 saturated carbocycles. The molecule has 190 valence electrons. The Morgan fingerprint density at radius 1 is 0.914 bits per heavy atom. The van der Waals surface area contributed by atoms with Gasteiger partial charge in [0.1, 0.15) is 0 Å². The van der Waals surface area contributed by atoms with E-state index in [4.69, 9.17) is 29.3 Å². The summed E-state index contributed by atoms with van der Waals surface area (Å²) in [7, 11) is 1.69. The molecule has 0 spiro atoms. The SMILES string of the molecule is C=CCc1ccc(OCCCCN2CCN(Cc3ccccc3)CC2)c(OC)c1.O=C(O)C(=O)O. The van der Waals surface area contributed by atoms with Crippen LogP contribution in [0.25, 0.3) is 0 Å². The number of rotatable bonds is 11. The Hall–Kier alpha value is -3.36. The molecular formula is C27H36N2O6. The molecule has 1 heterocycles. The molecule has 0 amide bonds. The van der Waals surface area contributed by atoms with E-state index >= 15 is 0 Å². The predicted octanol–water partition coefficient (Wildman–Crippen LogP) is 3.56. The molecule has 1 aliphatic rings. The Balaban J connectivity index is 0.000000641. The number of hydrogen-bond acceptors (Lipinski definition) is 6. The fourth-order valence-corrected chi connectivity index (χ4v) is 3.76. The van der Waals surface area contributed by atoms with E-state index in [2.05, 4.69) is 52.8 Å². The van der Waals surface area contributed by atoms with Crippen LogP contribution in [0.2, 0.25) is 0 Å². The number of ether oxygens (including phenoxy) is 2. The lowest BCUT2D eigenvalue weighted by Gasteiger charge is -2.34. The van der Waals surface area contributed by atoms with Crippen LogP contribution >= 0.6 is 0 Å². The first-order chi connectivity index (χ1) is 16.9. The molecule has 35 heavy (non-hydrogen) atoms. The van der Waals surface area contributed by atoms with Crippen molar-refractivity contribution in [3.63, 3.8) is 0 Å². The van der Waals surface area contributed by atoms with Gasteiger partial charge in [-0.15, -0.1) is 6.58 Å². The molecule has 8 heteroatoms. The predicted molar refractivity (Wildman–Crippen MR) is 135 cm³/mol. The first kappa shape index (κ1) is 27.9. The third-order valence-electron chi connectivity index (χ3n) is 5.63. The van der Waals surface area contributed by atoms with E-state index in [0.717, 1.165) is 76.6 Å². The molecule has 0 radical (unpaired) electrons. The number of aliphatic carboxylic acids is 2. The molecule has 0 atom stereocenters. The minimum atomic E-state index is -1.82. The zero-order valence-electron chi connectivity index (χ0n) is 20.4. The number of nitrogens with zero attached hydrogens (tertiary/aromatic N) is 2. The van der Waals surface area contributed by atoms with Crippen molar-refractivity contribution in [2.24, 2.45) is 0 Å². The summed E-state index contributed by atoms with van der Waals surface area (Å²) >= 11 is 0. The molecule has 3 rings (SSSR count). The van der Waals surface area contributed by atoms with E-state index in [-0.39, 0.29) is 0 Å². The monoisotopic (exact) mass is 484 g/mol. The second-order valence-corrected chi connectivity index (χ2v) is 8.25. The van der Waals surface area contributed by atoms with Crippen molar-refractivity contribution < 1.29 is 29.3 Å². The number of carbonyl (C=O) groups is 2. The van der Waals surface area contributed by atoms with E-state index < -0.39 is 11.9 Å². The summed E-state index contributed by atoms with van der Waals surface area (Å²) in [4.78, 5) is 23.3. The molecule has 0 unspecified atom stereocenters. The quantitative estimate of drug-likeness (QED) is 0.284. The van der Waals surface area contributed by atoms with Gasteiger partial charge in [-0.25, -0.2) is 9.59 Å². The van der Waals surface area contributed by atoms with E-state index in [9.17, 15) is 0 Å². The van der Waals surface area contributed by atoms with E-state index in [1.807, 2.05) is 18.2 Å². The lowest BCUT2D eigenvalue weighted by atomic mass is 10.1. The number of piperazine rings is 1. The standard InChI is InChI=1S/C25H34N2O2.C2H2O4/c1-3-9-22-12-13-24(25(20-22)28-2)29-19-8-7-14-26-15-17-27(18-16-26)21-23-10-5-4-6-11-23;3-1(4)2(5)6/h3-6,10-13,20H,1,7-9,14-19,21H2,2H3;(H,3,4)(H,5,6). The number of methoxy groups -OCH3 is 1. The highest BCUT2D eigenvalue weighted by Crippen LogP contribution is 2.28. The third-order valence-corrected chi connectivity index (χ3v) is 5.63. The Morgan fingerprint density at radius 2 is 1.57 bits per heavy atom. The maximum atomic E-state index is 9.10. The minimum Gasteiger partial charge on any atom is -0.493 e. The van der Waals surface area contributed by atoms with Crippen molar-refractivity contribution in [2.45, 2.75) is 25.8 Å². The van der Waals surface area contributed by atoms with Crippen LogP contribution in [0.15, 0.2) is 61.2 Å². The zero-order valence-corrected chi connectivity index (χ0v) is 20.4. The minimum absolute atomic E-state index is 0.727. The topological polar surface area (TPSA) is 99.5 Å². The van der Waals surface area contributed by atoms with Crippen LogP contribution < -0.4 is 9.47 Å². The van der Waals surface area contributed by atoms with Crippen LogP contribution in [0.5, 0.6) is 11.5 Å². The summed E-state index contributed by atoms with van der Waals surface area (Å²) in [5, 5.41) is 14.8. The van der Waals surface area contributed by atoms with E-state index in [0.29, 0.717) is 0 Å². The number of benzene rings is 2. The largest absolute Gasteiger partial charge is 0.493 e. The molecule has 2 N–H and O–H groups in total. The highest BCUT2D eigenvalue weighted by Gasteiger charge is 2.16. The van der Waals surface area contributed by atoms with Gasteiger partial charge in [-0.2, -0.15) is 0 Å². The van der Waals surface area contributed by atoms with Crippen LogP contribution in [-0.4, -0.2) is 78.4 Å². The Kier molecular flexibility index (Phi) is 12.4. The summed E-state index contributed by atoms with van der Waals surface area (Å²) in [5.41, 5.74) is 2.60. The van der Waals surface area contributed by atoms with Gasteiger partial charge in [-0.3, -0.25) is 4.90 Å². The van der Waals surface area contributed by atoms with Crippen LogP contribution in [0.4, 0.5) is 0 Å². The molecule has 0 aromatic heterocycles. The zero-order chi connectivity index (χ0) is 25.5. The lowest BCUT2D eigenvalue weighted by molar-refractivity contribution is -0.159. The van der Waals surface area contributed by atoms with Crippen molar-refractivity contribution in [1.82, 2.24) is 9.80 Å². The van der Waals surface area contributed by atoms with Gasteiger partial charge < -0.3 is 24.6 Å². The second-order valence-electron chi connectivity index (χ2n) is 8.25. The average Bonchev–Trinajstić information content (AvgIpc) is 2.86. The summed E-state index contributed by atoms with van der Waals surface area (Å²) < 4.78 is 11.4. The van der Waals surface area contributed by atoms with Gasteiger partial charge in [0.25, 0.3) is 0 Å². The second kappa shape index (κ2) is 15.5. The van der Waals surface area contributed by atoms with Gasteiger partial charge >= 0.3 is 11.9 Å². The van der Waals surface area contributed by atoms with Crippen LogP contribution in [0, 0.1) is 0 Å². The van der Waals surface area contributed by atoms with Gasteiger partial charge in [0.05, 0.1) is 13.7 Å². The first-order valence-electron chi connectivity index (χ1n) is 11.8. The fraction of sp³-hybridized carbons (Fsp3) is 0.407. The number of carboxylic acid groups (broad SMARTS) is 2. The molecular weight excluding hydrogens is 448 g/mol. The number of carboxylic acids is 2. The van der Waals surface area contributed by atoms with Gasteiger partial charge in [-0.05, 0) is 49.1 Å². The maximum absolute atomic E-state index is 9.10. The normalized spacial score (nSPS) is 13.9. The average molecular weight is 485 g/mol. The van der Waals surface area contributed by atoms with Gasteiger partial charge in [0, 0.05) is 32.7 Å². The highest BCUT2D eigenvalue weighted by molar-refractivity contribution is 6.27. The molecule has 8 nitrogen and oxygen atoms in total. The molecule has 1 saturated heterocycles. The Labute approximate surface area is 207 Å². The van der Waals surface area contributed by atoms with Crippen LogP contribution in [0.3, 0.4) is 0 Å². The van der Waals surface area contributed by atoms with Crippen LogP contribution in [0.1, 0.15) is 24.0 Å². The maximum Gasteiger partial charge on any atom is 0.414 e. The summed E-state index contributed by atoms with van der Waals surface area (Å²) in [6, 6.07) is 16.9. The highest BCUT2D eigenvalue weighted by atomic mass is 16.5. The number of unbranched alkanes of at least 4 members (excludes halogenated alkanes) is 1. The Morgan fingerprint density at radius 3 is 2.17 bits per heavy atom. The smallest absolute Gasteiger partial charge is 0.414 e. The first-order valence-corrected chi connectivity index (χ1v) is 11.8. The van der Waals surface area contributed by atoms with Crippen molar-refractivity contribution in [3.8, 4) is 11.5 Å². The Bertz CT molecular complexity index is 915. The fourth-order valence-electron chi connectivity index (χ4n) is 3.76. The summed E-state index contributed by atoms with van der Waals surface area (Å²) in [6.45, 7) is 11.4. The van der Waals surface area contributed by atoms with Gasteiger partial charge in [0.2, 0.25) is 0 Å². The summed E-state index contributed by atoms with van der Waals surface area (Å²) in [5.74, 6) is -2.02. The van der Waals surface area contributed by atoms with E-state index in [1.54, 1.807) is 7.11 Å². The molecule has 0 aliphatic carbocycles. The van der Waals surface area contributed by atoms with Crippen molar-refractivity contribution in [2.75, 3.05) is 46.4 Å². The summed E-state index contributed by atoms with van der Waals surface area (Å²) in [6.07, 6.45) is 4.96. The molecule has 0 bridgehead atoms. The van der Waals surface area contributed by atoms with Crippen molar-refractivity contribution >= 4 is 11.9 Å². The van der Waals surface area contributed by atoms with Gasteiger partial charge in [0.15, 0.2) is 11.5 Å². The number of hydrogen-bond donors (Lipinski definition) is 2. The lowest BCUT2D eigenvalue weighted by Crippen LogP contribution is -2.46. The van der Waals surface area contributed by atoms with Crippen molar-refractivity contribution in [3.05, 3.63) is 72.3 Å². The van der Waals surface area contributed by atoms with Crippen molar-refractivity contribution in [1.29, 1.82) is 0 Å². The molecule has 2 aromatic carbocycles. The van der Waals surface area contributed by atoms with Crippen LogP contribution in [-0.2, 0) is 22.6 Å². The molecule has 1 aliphatic heterocycles. The third kappa shape index (κ3) is 10.6. The molecule has 2 aromatic rings. The molecule has 1 fully saturated rings.